The third kappa shape index (κ3) is 4.86. The lowest BCUT2D eigenvalue weighted by Gasteiger charge is -2.12. The van der Waals surface area contributed by atoms with Gasteiger partial charge in [0.05, 0.1) is 12.0 Å². The summed E-state index contributed by atoms with van der Waals surface area (Å²) in [5, 5.41) is 3.57. The van der Waals surface area contributed by atoms with Gasteiger partial charge in [-0.05, 0) is 53.6 Å². The highest BCUT2D eigenvalue weighted by Gasteiger charge is 2.34. The molecule has 0 spiro atoms. The molecule has 8 heteroatoms. The molecule has 1 saturated heterocycles. The van der Waals surface area contributed by atoms with Gasteiger partial charge in [0.15, 0.2) is 0 Å². The minimum Gasteiger partial charge on any atom is -0.497 e. The Morgan fingerprint density at radius 2 is 2.00 bits per heavy atom. The Kier molecular flexibility index (Phi) is 6.61. The number of hydrogen-bond acceptors (Lipinski definition) is 5. The number of ether oxygens (including phenoxy) is 1. The molecule has 0 unspecified atom stereocenters. The van der Waals surface area contributed by atoms with E-state index in [2.05, 4.69) is 10.3 Å². The van der Waals surface area contributed by atoms with Crippen molar-refractivity contribution in [2.45, 2.75) is 12.8 Å². The molecule has 32 heavy (non-hydrogen) atoms. The highest BCUT2D eigenvalue weighted by atomic mass is 32.2. The number of carbonyl (C=O) groups excluding carboxylic acids is 3. The number of carbonyl (C=O) groups is 3. The molecule has 1 fully saturated rings. The second-order valence-electron chi connectivity index (χ2n) is 7.32. The van der Waals surface area contributed by atoms with Gasteiger partial charge < -0.3 is 15.0 Å². The summed E-state index contributed by atoms with van der Waals surface area (Å²) in [6.07, 6.45) is 4.34. The predicted octanol–water partition coefficient (Wildman–Crippen LogP) is 3.96. The van der Waals surface area contributed by atoms with E-state index < -0.39 is 0 Å². The van der Waals surface area contributed by atoms with E-state index in [1.165, 1.54) is 0 Å². The van der Waals surface area contributed by atoms with Gasteiger partial charge in [-0.3, -0.25) is 19.3 Å². The van der Waals surface area contributed by atoms with Gasteiger partial charge in [0.25, 0.3) is 11.1 Å². The van der Waals surface area contributed by atoms with Crippen LogP contribution in [0.4, 0.5) is 4.79 Å². The van der Waals surface area contributed by atoms with E-state index in [9.17, 15) is 14.4 Å². The van der Waals surface area contributed by atoms with Gasteiger partial charge >= 0.3 is 0 Å². The number of fused-ring (bicyclic) bond motifs is 1. The SMILES string of the molecule is COc1ccc2[nH]cc(CCNC(=O)CCN3C(=O)SC(=Cc4ccccc4)C3=O)c2c1. The topological polar surface area (TPSA) is 91.5 Å². The van der Waals surface area contributed by atoms with Gasteiger partial charge in [-0.25, -0.2) is 0 Å². The molecule has 164 valence electrons. The maximum Gasteiger partial charge on any atom is 0.293 e. The van der Waals surface area contributed by atoms with Crippen LogP contribution < -0.4 is 10.1 Å². The number of methoxy groups -OCH3 is 1. The van der Waals surface area contributed by atoms with Crippen LogP contribution in [0.5, 0.6) is 5.75 Å². The van der Waals surface area contributed by atoms with Crippen molar-refractivity contribution in [1.82, 2.24) is 15.2 Å². The van der Waals surface area contributed by atoms with Gasteiger partial charge in [0, 0.05) is 36.6 Å². The first-order valence-corrected chi connectivity index (χ1v) is 11.1. The number of imide groups is 1. The van der Waals surface area contributed by atoms with Crippen LogP contribution in [-0.2, 0) is 16.0 Å². The molecule has 1 aromatic heterocycles. The number of amides is 3. The number of rotatable bonds is 8. The lowest BCUT2D eigenvalue weighted by Crippen LogP contribution is -2.34. The van der Waals surface area contributed by atoms with E-state index in [1.54, 1.807) is 13.2 Å². The molecule has 0 bridgehead atoms. The summed E-state index contributed by atoms with van der Waals surface area (Å²) in [4.78, 5) is 41.8. The van der Waals surface area contributed by atoms with E-state index in [0.29, 0.717) is 17.9 Å². The smallest absolute Gasteiger partial charge is 0.293 e. The highest BCUT2D eigenvalue weighted by molar-refractivity contribution is 8.18. The molecule has 1 aliphatic rings. The lowest BCUT2D eigenvalue weighted by atomic mass is 10.1. The van der Waals surface area contributed by atoms with Crippen molar-refractivity contribution >= 4 is 45.8 Å². The first-order chi connectivity index (χ1) is 15.5. The molecule has 2 heterocycles. The maximum absolute atomic E-state index is 12.5. The molecule has 7 nitrogen and oxygen atoms in total. The molecule has 0 radical (unpaired) electrons. The normalized spacial score (nSPS) is 15.0. The van der Waals surface area contributed by atoms with Crippen molar-refractivity contribution < 1.29 is 19.1 Å². The molecule has 2 aromatic carbocycles. The second kappa shape index (κ2) is 9.74. The molecule has 0 atom stereocenters. The number of nitrogens with one attached hydrogen (secondary N) is 2. The molecule has 2 N–H and O–H groups in total. The van der Waals surface area contributed by atoms with Crippen LogP contribution in [0.15, 0.2) is 59.6 Å². The summed E-state index contributed by atoms with van der Waals surface area (Å²) in [6.45, 7) is 0.520. The number of thioether (sulfide) groups is 1. The quantitative estimate of drug-likeness (QED) is 0.508. The Bertz CT molecular complexity index is 1190. The van der Waals surface area contributed by atoms with Gasteiger partial charge in [-0.15, -0.1) is 0 Å². The number of aromatic nitrogens is 1. The first-order valence-electron chi connectivity index (χ1n) is 10.3. The fourth-order valence-electron chi connectivity index (χ4n) is 3.52. The van der Waals surface area contributed by atoms with Crippen LogP contribution in [0.1, 0.15) is 17.5 Å². The van der Waals surface area contributed by atoms with Crippen molar-refractivity contribution in [3.8, 4) is 5.75 Å². The second-order valence-corrected chi connectivity index (χ2v) is 8.31. The van der Waals surface area contributed by atoms with Gasteiger partial charge in [0.2, 0.25) is 5.91 Å². The van der Waals surface area contributed by atoms with E-state index in [0.717, 1.165) is 44.4 Å². The summed E-state index contributed by atoms with van der Waals surface area (Å²) >= 11 is 0.902. The van der Waals surface area contributed by atoms with Crippen molar-refractivity contribution in [3.05, 3.63) is 70.8 Å². The monoisotopic (exact) mass is 449 g/mol. The minimum absolute atomic E-state index is 0.0624. The Balaban J connectivity index is 1.27. The van der Waals surface area contributed by atoms with Crippen molar-refractivity contribution in [2.24, 2.45) is 0 Å². The summed E-state index contributed by atoms with van der Waals surface area (Å²) in [6, 6.07) is 15.2. The fraction of sp³-hybridized carbons (Fsp3) is 0.208. The molecule has 0 saturated carbocycles. The van der Waals surface area contributed by atoms with E-state index in [4.69, 9.17) is 4.74 Å². The maximum atomic E-state index is 12.5. The predicted molar refractivity (Wildman–Crippen MR) is 125 cm³/mol. The number of aromatic amines is 1. The molecule has 1 aliphatic heterocycles. The summed E-state index contributed by atoms with van der Waals surface area (Å²) in [7, 11) is 1.63. The van der Waals surface area contributed by atoms with Gasteiger partial charge in [-0.1, -0.05) is 30.3 Å². The van der Waals surface area contributed by atoms with Crippen LogP contribution in [0.25, 0.3) is 17.0 Å². The number of H-pyrrole nitrogens is 1. The molecular formula is C24H23N3O4S. The van der Waals surface area contributed by atoms with Crippen LogP contribution in [0.3, 0.4) is 0 Å². The summed E-state index contributed by atoms with van der Waals surface area (Å²) in [5.41, 5.74) is 2.94. The molecule has 3 amide bonds. The van der Waals surface area contributed by atoms with Crippen molar-refractivity contribution in [2.75, 3.05) is 20.2 Å². The molecule has 4 rings (SSSR count). The van der Waals surface area contributed by atoms with Crippen molar-refractivity contribution in [1.29, 1.82) is 0 Å². The summed E-state index contributed by atoms with van der Waals surface area (Å²) < 4.78 is 5.28. The van der Waals surface area contributed by atoms with E-state index in [1.807, 2.05) is 54.7 Å². The van der Waals surface area contributed by atoms with Crippen molar-refractivity contribution in [3.63, 3.8) is 0 Å². The molecule has 3 aromatic rings. The van der Waals surface area contributed by atoms with Gasteiger partial charge in [0.1, 0.15) is 5.75 Å². The van der Waals surface area contributed by atoms with Gasteiger partial charge in [-0.2, -0.15) is 0 Å². The Morgan fingerprint density at radius 3 is 2.78 bits per heavy atom. The van der Waals surface area contributed by atoms with E-state index in [-0.39, 0.29) is 30.0 Å². The highest BCUT2D eigenvalue weighted by Crippen LogP contribution is 2.32. The first kappa shape index (κ1) is 21.7. The number of hydrogen-bond donors (Lipinski definition) is 2. The number of benzene rings is 2. The van der Waals surface area contributed by atoms with Crippen LogP contribution in [0, 0.1) is 0 Å². The zero-order chi connectivity index (χ0) is 22.5. The largest absolute Gasteiger partial charge is 0.497 e. The Hall–Kier alpha value is -3.52. The Morgan fingerprint density at radius 1 is 1.19 bits per heavy atom. The molecular weight excluding hydrogens is 426 g/mol. The lowest BCUT2D eigenvalue weighted by molar-refractivity contribution is -0.124. The van der Waals surface area contributed by atoms with E-state index >= 15 is 0 Å². The summed E-state index contributed by atoms with van der Waals surface area (Å²) in [5.74, 6) is 0.221. The zero-order valence-corrected chi connectivity index (χ0v) is 18.4. The van der Waals surface area contributed by atoms with Crippen LogP contribution >= 0.6 is 11.8 Å². The number of nitrogens with zero attached hydrogens (tertiary/aromatic N) is 1. The molecule has 0 aliphatic carbocycles. The third-order valence-electron chi connectivity index (χ3n) is 5.22. The fourth-order valence-corrected chi connectivity index (χ4v) is 4.39. The van der Waals surface area contributed by atoms with Crippen LogP contribution in [-0.4, -0.2) is 47.1 Å². The third-order valence-corrected chi connectivity index (χ3v) is 6.13. The Labute approximate surface area is 189 Å². The minimum atomic E-state index is -0.357. The standard InChI is InChI=1S/C24H23N3O4S/c1-31-18-7-8-20-19(14-18)17(15-26-20)9-11-25-22(28)10-12-27-23(29)21(32-24(27)30)13-16-5-3-2-4-6-16/h2-8,13-15,26H,9-12H2,1H3,(H,25,28). The van der Waals surface area contributed by atoms with Crippen LogP contribution in [0.2, 0.25) is 0 Å². The average Bonchev–Trinajstić information content (AvgIpc) is 3.32. The zero-order valence-electron chi connectivity index (χ0n) is 17.6. The average molecular weight is 450 g/mol.